The summed E-state index contributed by atoms with van der Waals surface area (Å²) in [4.78, 5) is 1.28. The third-order valence-electron chi connectivity index (χ3n) is 5.11. The zero-order valence-electron chi connectivity index (χ0n) is 17.8. The van der Waals surface area contributed by atoms with Crippen molar-refractivity contribution in [3.63, 3.8) is 0 Å². The van der Waals surface area contributed by atoms with E-state index in [2.05, 4.69) is 82.3 Å². The number of aryl methyl sites for hydroxylation is 1. The molecule has 4 heteroatoms. The summed E-state index contributed by atoms with van der Waals surface area (Å²) in [7, 11) is 0. The summed E-state index contributed by atoms with van der Waals surface area (Å²) in [6.45, 7) is 8.66. The lowest BCUT2D eigenvalue weighted by Crippen LogP contribution is -2.32. The average molecular weight is 406 g/mol. The molecule has 3 rings (SSSR count). The Morgan fingerprint density at radius 1 is 1.03 bits per heavy atom. The van der Waals surface area contributed by atoms with Crippen LogP contribution in [0.25, 0.3) is 11.1 Å². The molecule has 2 aromatic carbocycles. The van der Waals surface area contributed by atoms with Crippen molar-refractivity contribution in [1.29, 1.82) is 0 Å². The van der Waals surface area contributed by atoms with Crippen LogP contribution < -0.4 is 16.6 Å². The van der Waals surface area contributed by atoms with Gasteiger partial charge in [0.15, 0.2) is 0 Å². The molecular formula is C25H31N3S. The summed E-state index contributed by atoms with van der Waals surface area (Å²) in [5, 5.41) is 2.28. The SMILES string of the molecule is CC1=CC=C(/C(=C/N)N(N)c2cc(-c3cccc(SC(C)C)c3)ccc2C)CC1. The van der Waals surface area contributed by atoms with Crippen LogP contribution in [-0.4, -0.2) is 5.25 Å². The van der Waals surface area contributed by atoms with Crippen molar-refractivity contribution in [3.8, 4) is 11.1 Å². The summed E-state index contributed by atoms with van der Waals surface area (Å²) in [5.41, 5.74) is 13.8. The second-order valence-electron chi connectivity index (χ2n) is 7.82. The van der Waals surface area contributed by atoms with Crippen molar-refractivity contribution in [2.75, 3.05) is 5.01 Å². The van der Waals surface area contributed by atoms with Gasteiger partial charge in [-0.15, -0.1) is 11.8 Å². The Morgan fingerprint density at radius 3 is 2.45 bits per heavy atom. The van der Waals surface area contributed by atoms with Crippen LogP contribution in [0, 0.1) is 6.92 Å². The van der Waals surface area contributed by atoms with Crippen LogP contribution in [0.3, 0.4) is 0 Å². The van der Waals surface area contributed by atoms with Gasteiger partial charge in [-0.2, -0.15) is 0 Å². The molecule has 2 aromatic rings. The number of hydrogen-bond donors (Lipinski definition) is 2. The number of anilines is 1. The molecule has 0 amide bonds. The van der Waals surface area contributed by atoms with E-state index in [1.807, 2.05) is 11.8 Å². The van der Waals surface area contributed by atoms with E-state index >= 15 is 0 Å². The predicted octanol–water partition coefficient (Wildman–Crippen LogP) is 6.31. The molecule has 1 aliphatic rings. The van der Waals surface area contributed by atoms with Crippen molar-refractivity contribution in [2.45, 2.75) is 50.7 Å². The molecule has 29 heavy (non-hydrogen) atoms. The third kappa shape index (κ3) is 5.14. The first-order valence-electron chi connectivity index (χ1n) is 10.1. The zero-order valence-corrected chi connectivity index (χ0v) is 18.6. The lowest BCUT2D eigenvalue weighted by atomic mass is 9.96. The number of nitrogens with zero attached hydrogens (tertiary/aromatic N) is 1. The maximum atomic E-state index is 6.58. The monoisotopic (exact) mass is 405 g/mol. The predicted molar refractivity (Wildman–Crippen MR) is 128 cm³/mol. The van der Waals surface area contributed by atoms with Gasteiger partial charge in [0.25, 0.3) is 0 Å². The highest BCUT2D eigenvalue weighted by molar-refractivity contribution is 7.99. The summed E-state index contributed by atoms with van der Waals surface area (Å²) < 4.78 is 0. The van der Waals surface area contributed by atoms with Gasteiger partial charge < -0.3 is 5.73 Å². The highest BCUT2D eigenvalue weighted by Gasteiger charge is 2.17. The highest BCUT2D eigenvalue weighted by Crippen LogP contribution is 2.33. The quantitative estimate of drug-likeness (QED) is 0.336. The Balaban J connectivity index is 1.95. The van der Waals surface area contributed by atoms with Gasteiger partial charge in [0.05, 0.1) is 11.4 Å². The van der Waals surface area contributed by atoms with Gasteiger partial charge in [-0.1, -0.05) is 55.8 Å². The molecule has 4 N–H and O–H groups in total. The van der Waals surface area contributed by atoms with Crippen molar-refractivity contribution < 1.29 is 0 Å². The van der Waals surface area contributed by atoms with E-state index in [1.54, 1.807) is 11.2 Å². The van der Waals surface area contributed by atoms with E-state index in [9.17, 15) is 0 Å². The normalized spacial score (nSPS) is 14.6. The number of rotatable bonds is 6. The average Bonchev–Trinajstić information content (AvgIpc) is 2.70. The van der Waals surface area contributed by atoms with E-state index in [0.717, 1.165) is 35.4 Å². The van der Waals surface area contributed by atoms with Crippen molar-refractivity contribution >= 4 is 17.4 Å². The van der Waals surface area contributed by atoms with E-state index < -0.39 is 0 Å². The first kappa shape index (κ1) is 21.3. The summed E-state index contributed by atoms with van der Waals surface area (Å²) in [6, 6.07) is 15.1. The van der Waals surface area contributed by atoms with Gasteiger partial charge in [-0.3, -0.25) is 5.01 Å². The topological polar surface area (TPSA) is 55.3 Å². The maximum Gasteiger partial charge on any atom is 0.0761 e. The molecular weight excluding hydrogens is 374 g/mol. The van der Waals surface area contributed by atoms with Crippen LogP contribution in [-0.2, 0) is 0 Å². The van der Waals surface area contributed by atoms with Gasteiger partial charge in [0, 0.05) is 16.3 Å². The molecule has 0 saturated heterocycles. The second kappa shape index (κ2) is 9.38. The van der Waals surface area contributed by atoms with Crippen LogP contribution in [0.15, 0.2) is 82.6 Å². The van der Waals surface area contributed by atoms with E-state index in [-0.39, 0.29) is 0 Å². The van der Waals surface area contributed by atoms with Gasteiger partial charge in [-0.05, 0) is 67.2 Å². The van der Waals surface area contributed by atoms with E-state index in [0.29, 0.717) is 5.25 Å². The molecule has 0 spiro atoms. The van der Waals surface area contributed by atoms with Crippen molar-refractivity contribution in [2.24, 2.45) is 11.6 Å². The number of hydrazine groups is 1. The van der Waals surface area contributed by atoms with Crippen LogP contribution >= 0.6 is 11.8 Å². The number of nitrogens with two attached hydrogens (primary N) is 2. The Hall–Kier alpha value is -2.43. The van der Waals surface area contributed by atoms with Gasteiger partial charge in [0.1, 0.15) is 0 Å². The van der Waals surface area contributed by atoms with Crippen molar-refractivity contribution in [3.05, 3.63) is 83.2 Å². The minimum absolute atomic E-state index is 0.553. The first-order chi connectivity index (χ1) is 13.9. The molecule has 0 heterocycles. The Morgan fingerprint density at radius 2 is 1.79 bits per heavy atom. The molecule has 0 saturated carbocycles. The Labute approximate surface area is 179 Å². The zero-order chi connectivity index (χ0) is 21.0. The number of hydrogen-bond acceptors (Lipinski definition) is 4. The molecule has 0 unspecified atom stereocenters. The van der Waals surface area contributed by atoms with E-state index in [4.69, 9.17) is 11.6 Å². The minimum atomic E-state index is 0.553. The molecule has 3 nitrogen and oxygen atoms in total. The van der Waals surface area contributed by atoms with E-state index in [1.165, 1.54) is 21.6 Å². The fourth-order valence-corrected chi connectivity index (χ4v) is 4.39. The lowest BCUT2D eigenvalue weighted by molar-refractivity contribution is 0.874. The molecule has 0 aromatic heterocycles. The molecule has 0 bridgehead atoms. The summed E-state index contributed by atoms with van der Waals surface area (Å²) in [5.74, 6) is 6.58. The van der Waals surface area contributed by atoms with Gasteiger partial charge in [0.2, 0.25) is 0 Å². The standard InChI is InChI=1S/C25H31N3S/c1-17(2)29-23-7-5-6-21(14-23)22-13-10-19(4)24(15-22)28(27)25(16-26)20-11-8-18(3)9-12-20/h5-8,10-11,13-17H,9,12,26-27H2,1-4H3/b25-16-. The number of allylic oxidation sites excluding steroid dienone is 4. The molecule has 0 radical (unpaired) electrons. The van der Waals surface area contributed by atoms with Crippen LogP contribution in [0.5, 0.6) is 0 Å². The molecule has 152 valence electrons. The largest absolute Gasteiger partial charge is 0.403 e. The van der Waals surface area contributed by atoms with Crippen LogP contribution in [0.2, 0.25) is 0 Å². The molecule has 0 atom stereocenters. The maximum absolute atomic E-state index is 6.58. The van der Waals surface area contributed by atoms with Gasteiger partial charge >= 0.3 is 0 Å². The third-order valence-corrected chi connectivity index (χ3v) is 6.11. The Bertz CT molecular complexity index is 970. The molecule has 0 aliphatic heterocycles. The minimum Gasteiger partial charge on any atom is -0.403 e. The fourth-order valence-electron chi connectivity index (χ4n) is 3.50. The van der Waals surface area contributed by atoms with Crippen LogP contribution in [0.4, 0.5) is 5.69 Å². The second-order valence-corrected chi connectivity index (χ2v) is 9.47. The lowest BCUT2D eigenvalue weighted by Gasteiger charge is -2.27. The Kier molecular flexibility index (Phi) is 6.88. The first-order valence-corrected chi connectivity index (χ1v) is 11.0. The van der Waals surface area contributed by atoms with Crippen molar-refractivity contribution in [1.82, 2.24) is 0 Å². The fraction of sp³-hybridized carbons (Fsp3) is 0.280. The number of benzene rings is 2. The number of thioether (sulfide) groups is 1. The summed E-state index contributed by atoms with van der Waals surface area (Å²) in [6.07, 6.45) is 7.88. The van der Waals surface area contributed by atoms with Gasteiger partial charge in [-0.25, -0.2) is 5.84 Å². The molecule has 1 aliphatic carbocycles. The highest BCUT2D eigenvalue weighted by atomic mass is 32.2. The van der Waals surface area contributed by atoms with Crippen LogP contribution in [0.1, 0.15) is 39.2 Å². The molecule has 0 fully saturated rings. The smallest absolute Gasteiger partial charge is 0.0761 e. The summed E-state index contributed by atoms with van der Waals surface area (Å²) >= 11 is 1.87.